The molecule has 0 fully saturated rings. The van der Waals surface area contributed by atoms with Gasteiger partial charge in [0.2, 0.25) is 0 Å². The van der Waals surface area contributed by atoms with Gasteiger partial charge >= 0.3 is 0 Å². The molecule has 0 aliphatic heterocycles. The Morgan fingerprint density at radius 1 is 0.833 bits per heavy atom. The molecule has 2 heteroatoms. The number of hydrogen-bond acceptors (Lipinski definition) is 2. The molecular weight excluding hydrogens is 152 g/mol. The minimum atomic E-state index is 0.771. The van der Waals surface area contributed by atoms with Crippen LogP contribution in [0.25, 0.3) is 12.2 Å². The molecule has 0 aliphatic rings. The van der Waals surface area contributed by atoms with Crippen LogP contribution >= 0.6 is 0 Å². The van der Waals surface area contributed by atoms with E-state index in [0.717, 1.165) is 11.1 Å². The Morgan fingerprint density at radius 3 is 1.42 bits per heavy atom. The van der Waals surface area contributed by atoms with Gasteiger partial charge in [-0.25, -0.2) is 9.59 Å². The normalized spacial score (nSPS) is 8.00. The van der Waals surface area contributed by atoms with Gasteiger partial charge < -0.3 is 0 Å². The Balaban J connectivity index is 2.99. The van der Waals surface area contributed by atoms with Crippen molar-refractivity contribution >= 4 is 24.0 Å². The molecule has 0 saturated carbocycles. The highest BCUT2D eigenvalue weighted by Gasteiger charge is 1.87. The van der Waals surface area contributed by atoms with Crippen LogP contribution in [0, 0.1) is 0 Å². The van der Waals surface area contributed by atoms with Gasteiger partial charge in [0, 0.05) is 12.2 Å². The van der Waals surface area contributed by atoms with Gasteiger partial charge in [-0.2, -0.15) is 0 Å². The molecule has 0 radical (unpaired) electrons. The molecule has 0 amide bonds. The molecule has 0 atom stereocenters. The lowest BCUT2D eigenvalue weighted by atomic mass is 10.1. The molecular formula is C10H6O2. The van der Waals surface area contributed by atoms with E-state index < -0.39 is 0 Å². The van der Waals surface area contributed by atoms with E-state index in [-0.39, 0.29) is 0 Å². The second-order valence-corrected chi connectivity index (χ2v) is 2.19. The van der Waals surface area contributed by atoms with Crippen molar-refractivity contribution in [3.05, 3.63) is 35.4 Å². The van der Waals surface area contributed by atoms with Crippen LogP contribution in [0.15, 0.2) is 24.3 Å². The highest BCUT2D eigenvalue weighted by Crippen LogP contribution is 2.05. The van der Waals surface area contributed by atoms with E-state index in [4.69, 9.17) is 0 Å². The van der Waals surface area contributed by atoms with Gasteiger partial charge in [-0.1, -0.05) is 24.3 Å². The third-order valence-corrected chi connectivity index (χ3v) is 1.39. The summed E-state index contributed by atoms with van der Waals surface area (Å²) in [6.07, 6.45) is 2.66. The quantitative estimate of drug-likeness (QED) is 0.609. The summed E-state index contributed by atoms with van der Waals surface area (Å²) in [5.74, 6) is 3.35. The van der Waals surface area contributed by atoms with E-state index >= 15 is 0 Å². The van der Waals surface area contributed by atoms with Crippen LogP contribution < -0.4 is 0 Å². The zero-order valence-corrected chi connectivity index (χ0v) is 6.28. The fourth-order valence-electron chi connectivity index (χ4n) is 0.825. The number of hydrogen-bond donors (Lipinski definition) is 0. The molecule has 2 nitrogen and oxygen atoms in total. The molecule has 12 heavy (non-hydrogen) atoms. The molecule has 0 aliphatic carbocycles. The lowest BCUT2D eigenvalue weighted by molar-refractivity contribution is 0.569. The second kappa shape index (κ2) is 4.09. The lowest BCUT2D eigenvalue weighted by Crippen LogP contribution is -1.74. The summed E-state index contributed by atoms with van der Waals surface area (Å²) in [5.41, 5.74) is 1.54. The van der Waals surface area contributed by atoms with Crippen LogP contribution in [0.5, 0.6) is 0 Å². The predicted molar refractivity (Wildman–Crippen MR) is 46.8 cm³/mol. The van der Waals surface area contributed by atoms with Crippen LogP contribution in [0.1, 0.15) is 11.1 Å². The van der Waals surface area contributed by atoms with Gasteiger partial charge in [0.15, 0.2) is 0 Å². The van der Waals surface area contributed by atoms with E-state index in [9.17, 15) is 9.59 Å². The summed E-state index contributed by atoms with van der Waals surface area (Å²) < 4.78 is 0. The van der Waals surface area contributed by atoms with E-state index in [0.29, 0.717) is 0 Å². The van der Waals surface area contributed by atoms with Crippen molar-refractivity contribution in [3.63, 3.8) is 0 Å². The second-order valence-electron chi connectivity index (χ2n) is 2.19. The Bertz CT molecular complexity index is 313. The maximum absolute atomic E-state index is 9.93. The molecule has 0 unspecified atom stereocenters. The van der Waals surface area contributed by atoms with Crippen molar-refractivity contribution in [2.75, 3.05) is 0 Å². The van der Waals surface area contributed by atoms with E-state index in [1.165, 1.54) is 12.2 Å². The maximum Gasteiger partial charge on any atom is 0.125 e. The van der Waals surface area contributed by atoms with Gasteiger partial charge in [-0.05, 0) is 11.1 Å². The molecule has 0 saturated heterocycles. The van der Waals surface area contributed by atoms with Crippen LogP contribution in [-0.4, -0.2) is 11.9 Å². The van der Waals surface area contributed by atoms with Crippen LogP contribution in [0.2, 0.25) is 0 Å². The Kier molecular flexibility index (Phi) is 2.80. The first-order valence-corrected chi connectivity index (χ1v) is 3.38. The third kappa shape index (κ3) is 2.06. The molecule has 1 aromatic rings. The first kappa shape index (κ1) is 8.22. The summed E-state index contributed by atoms with van der Waals surface area (Å²) >= 11 is 0. The molecule has 58 valence electrons. The molecule has 1 aromatic carbocycles. The van der Waals surface area contributed by atoms with Crippen molar-refractivity contribution in [2.24, 2.45) is 0 Å². The maximum atomic E-state index is 9.93. The summed E-state index contributed by atoms with van der Waals surface area (Å²) in [6.45, 7) is 0. The van der Waals surface area contributed by atoms with Crippen LogP contribution in [0.3, 0.4) is 0 Å². The molecule has 0 bridgehead atoms. The van der Waals surface area contributed by atoms with Gasteiger partial charge in [0.1, 0.15) is 11.9 Å². The number of carbonyl (C=O) groups excluding carboxylic acids is 2. The number of benzene rings is 1. The molecule has 0 aromatic heterocycles. The highest BCUT2D eigenvalue weighted by atomic mass is 16.1. The van der Waals surface area contributed by atoms with Gasteiger partial charge in [-0.3, -0.25) is 0 Å². The van der Waals surface area contributed by atoms with Crippen LogP contribution in [0.4, 0.5) is 0 Å². The zero-order valence-electron chi connectivity index (χ0n) is 6.28. The molecule has 0 heterocycles. The molecule has 1 rings (SSSR count). The zero-order chi connectivity index (χ0) is 8.81. The predicted octanol–water partition coefficient (Wildman–Crippen LogP) is 1.38. The molecule has 0 N–H and O–H groups in total. The van der Waals surface area contributed by atoms with E-state index in [1.807, 2.05) is 0 Å². The van der Waals surface area contributed by atoms with Gasteiger partial charge in [-0.15, -0.1) is 0 Å². The topological polar surface area (TPSA) is 34.1 Å². The third-order valence-electron chi connectivity index (χ3n) is 1.39. The standard InChI is InChI=1S/C10H6O2/c11-7-5-9-1-2-10(4-3-9)6-8-12/h1-6H. The average molecular weight is 158 g/mol. The lowest BCUT2D eigenvalue weighted by Gasteiger charge is -1.91. The highest BCUT2D eigenvalue weighted by molar-refractivity contribution is 5.77. The molecule has 0 spiro atoms. The first-order valence-electron chi connectivity index (χ1n) is 3.38. The summed E-state index contributed by atoms with van der Waals surface area (Å²) in [7, 11) is 0. The van der Waals surface area contributed by atoms with Crippen molar-refractivity contribution in [2.45, 2.75) is 0 Å². The Morgan fingerprint density at radius 2 is 1.17 bits per heavy atom. The smallest absolute Gasteiger partial charge is 0.125 e. The van der Waals surface area contributed by atoms with Crippen molar-refractivity contribution in [1.29, 1.82) is 0 Å². The minimum absolute atomic E-state index is 0.771. The van der Waals surface area contributed by atoms with Crippen molar-refractivity contribution in [3.8, 4) is 0 Å². The van der Waals surface area contributed by atoms with E-state index in [1.54, 1.807) is 36.1 Å². The fourth-order valence-corrected chi connectivity index (χ4v) is 0.825. The summed E-state index contributed by atoms with van der Waals surface area (Å²) in [4.78, 5) is 19.9. The summed E-state index contributed by atoms with van der Waals surface area (Å²) in [5, 5.41) is 0. The summed E-state index contributed by atoms with van der Waals surface area (Å²) in [6, 6.07) is 6.92. The van der Waals surface area contributed by atoms with Crippen molar-refractivity contribution < 1.29 is 9.59 Å². The van der Waals surface area contributed by atoms with Gasteiger partial charge in [0.05, 0.1) is 0 Å². The monoisotopic (exact) mass is 158 g/mol. The van der Waals surface area contributed by atoms with E-state index in [2.05, 4.69) is 0 Å². The Hall–Kier alpha value is -1.88. The minimum Gasteiger partial charge on any atom is -0.233 e. The van der Waals surface area contributed by atoms with Crippen LogP contribution in [-0.2, 0) is 9.59 Å². The fraction of sp³-hybridized carbons (Fsp3) is 0. The SMILES string of the molecule is O=C=Cc1ccc(C=C=O)cc1. The largest absolute Gasteiger partial charge is 0.233 e. The van der Waals surface area contributed by atoms with Crippen molar-refractivity contribution in [1.82, 2.24) is 0 Å². The Labute approximate surface area is 69.8 Å². The first-order chi connectivity index (χ1) is 5.86. The van der Waals surface area contributed by atoms with Gasteiger partial charge in [0.25, 0.3) is 0 Å². The number of rotatable bonds is 2. The average Bonchev–Trinajstić information content (AvgIpc) is 2.09.